The van der Waals surface area contributed by atoms with Crippen molar-refractivity contribution in [1.29, 1.82) is 0 Å². The summed E-state index contributed by atoms with van der Waals surface area (Å²) in [5.74, 6) is 0. The van der Waals surface area contributed by atoms with Gasteiger partial charge in [-0.05, 0) is 33.7 Å². The van der Waals surface area contributed by atoms with Crippen LogP contribution >= 0.6 is 11.6 Å². The highest BCUT2D eigenvalue weighted by Gasteiger charge is 2.07. The van der Waals surface area contributed by atoms with E-state index < -0.39 is 0 Å². The molecule has 1 N–H and O–H groups in total. The summed E-state index contributed by atoms with van der Waals surface area (Å²) in [6.07, 6.45) is 1.05. The van der Waals surface area contributed by atoms with Crippen molar-refractivity contribution < 1.29 is 4.74 Å². The molecule has 0 saturated carbocycles. The summed E-state index contributed by atoms with van der Waals surface area (Å²) >= 11 is 6.08. The van der Waals surface area contributed by atoms with Crippen molar-refractivity contribution in [3.63, 3.8) is 0 Å². The molecule has 17 heavy (non-hydrogen) atoms. The summed E-state index contributed by atoms with van der Waals surface area (Å²) in [5, 5.41) is 8.52. The van der Waals surface area contributed by atoms with Crippen LogP contribution in [0.3, 0.4) is 0 Å². The van der Waals surface area contributed by atoms with E-state index in [-0.39, 0.29) is 0 Å². The molecule has 0 spiro atoms. The molecule has 0 radical (unpaired) electrons. The predicted molar refractivity (Wildman–Crippen MR) is 70.7 cm³/mol. The van der Waals surface area contributed by atoms with Gasteiger partial charge in [0, 0.05) is 19.8 Å². The fourth-order valence-corrected chi connectivity index (χ4v) is 1.78. The van der Waals surface area contributed by atoms with E-state index in [2.05, 4.69) is 10.4 Å². The van der Waals surface area contributed by atoms with Crippen molar-refractivity contribution in [3.05, 3.63) is 16.4 Å². The van der Waals surface area contributed by atoms with E-state index in [0.29, 0.717) is 0 Å². The van der Waals surface area contributed by atoms with Gasteiger partial charge >= 0.3 is 0 Å². The van der Waals surface area contributed by atoms with Gasteiger partial charge in [-0.15, -0.1) is 0 Å². The normalized spacial score (nSPS) is 11.1. The summed E-state index contributed by atoms with van der Waals surface area (Å²) in [5.41, 5.74) is 1.95. The second-order valence-electron chi connectivity index (χ2n) is 4.01. The summed E-state index contributed by atoms with van der Waals surface area (Å²) < 4.78 is 7.21. The van der Waals surface area contributed by atoms with Gasteiger partial charge in [0.2, 0.25) is 0 Å². The van der Waals surface area contributed by atoms with Crippen molar-refractivity contribution in [2.24, 2.45) is 0 Å². The van der Waals surface area contributed by atoms with E-state index in [1.165, 1.54) is 0 Å². The molecule has 1 heterocycles. The number of aromatic nitrogens is 2. The Morgan fingerprint density at radius 3 is 2.71 bits per heavy atom. The zero-order valence-corrected chi connectivity index (χ0v) is 11.7. The lowest BCUT2D eigenvalue weighted by Crippen LogP contribution is -2.23. The van der Waals surface area contributed by atoms with Crippen LogP contribution in [0, 0.1) is 13.8 Å². The maximum absolute atomic E-state index is 6.08. The molecule has 98 valence electrons. The fourth-order valence-electron chi connectivity index (χ4n) is 1.65. The van der Waals surface area contributed by atoms with Crippen LogP contribution in [0.25, 0.3) is 0 Å². The molecule has 0 saturated heterocycles. The minimum Gasteiger partial charge on any atom is -0.382 e. The number of nitrogens with zero attached hydrogens (tertiary/aromatic N) is 2. The smallest absolute Gasteiger partial charge is 0.0844 e. The van der Waals surface area contributed by atoms with E-state index in [1.807, 2.05) is 25.5 Å². The maximum atomic E-state index is 6.08. The Kier molecular flexibility index (Phi) is 6.55. The SMILES string of the molecule is CCOCCCNCCn1nc(C)c(Cl)c1C. The van der Waals surface area contributed by atoms with E-state index in [9.17, 15) is 0 Å². The number of aryl methyl sites for hydroxylation is 1. The van der Waals surface area contributed by atoms with Gasteiger partial charge in [0.15, 0.2) is 0 Å². The molecule has 5 heteroatoms. The second-order valence-corrected chi connectivity index (χ2v) is 4.39. The topological polar surface area (TPSA) is 39.1 Å². The lowest BCUT2D eigenvalue weighted by atomic mass is 10.4. The van der Waals surface area contributed by atoms with E-state index in [1.54, 1.807) is 0 Å². The molecule has 0 aliphatic carbocycles. The monoisotopic (exact) mass is 259 g/mol. The van der Waals surface area contributed by atoms with Crippen LogP contribution < -0.4 is 5.32 Å². The van der Waals surface area contributed by atoms with Gasteiger partial charge < -0.3 is 10.1 Å². The van der Waals surface area contributed by atoms with Gasteiger partial charge in [-0.1, -0.05) is 11.6 Å². The van der Waals surface area contributed by atoms with Crippen LogP contribution in [0.15, 0.2) is 0 Å². The van der Waals surface area contributed by atoms with Crippen LogP contribution in [0.2, 0.25) is 5.02 Å². The largest absolute Gasteiger partial charge is 0.382 e. The molecule has 0 aromatic carbocycles. The molecule has 0 atom stereocenters. The third-order valence-electron chi connectivity index (χ3n) is 2.64. The lowest BCUT2D eigenvalue weighted by molar-refractivity contribution is 0.144. The molecule has 1 aromatic rings. The minimum atomic E-state index is 0.779. The Morgan fingerprint density at radius 2 is 2.12 bits per heavy atom. The number of nitrogens with one attached hydrogen (secondary N) is 1. The van der Waals surface area contributed by atoms with Crippen molar-refractivity contribution in [1.82, 2.24) is 15.1 Å². The minimum absolute atomic E-state index is 0.779. The summed E-state index contributed by atoms with van der Waals surface area (Å²) in [4.78, 5) is 0. The third kappa shape index (κ3) is 4.66. The number of rotatable bonds is 8. The van der Waals surface area contributed by atoms with Crippen molar-refractivity contribution in [3.8, 4) is 0 Å². The van der Waals surface area contributed by atoms with Gasteiger partial charge in [-0.2, -0.15) is 5.10 Å². The summed E-state index contributed by atoms with van der Waals surface area (Å²) in [6, 6.07) is 0. The van der Waals surface area contributed by atoms with E-state index in [4.69, 9.17) is 16.3 Å². The Morgan fingerprint density at radius 1 is 1.35 bits per heavy atom. The van der Waals surface area contributed by atoms with Crippen molar-refractivity contribution in [2.45, 2.75) is 33.7 Å². The highest BCUT2D eigenvalue weighted by molar-refractivity contribution is 6.31. The first kappa shape index (κ1) is 14.5. The molecule has 0 aliphatic rings. The fraction of sp³-hybridized carbons (Fsp3) is 0.750. The third-order valence-corrected chi connectivity index (χ3v) is 3.19. The molecule has 0 amide bonds. The van der Waals surface area contributed by atoms with Crippen molar-refractivity contribution in [2.75, 3.05) is 26.3 Å². The standard InChI is InChI=1S/C12H22ClN3O/c1-4-17-9-5-6-14-7-8-16-11(3)12(13)10(2)15-16/h14H,4-9H2,1-3H3. The van der Waals surface area contributed by atoms with Crippen LogP contribution in [-0.4, -0.2) is 36.1 Å². The number of ether oxygens (including phenoxy) is 1. The van der Waals surface area contributed by atoms with E-state index in [0.717, 1.165) is 55.7 Å². The molecule has 1 aromatic heterocycles. The van der Waals surface area contributed by atoms with Gasteiger partial charge in [0.05, 0.1) is 23.0 Å². The molecule has 0 fully saturated rings. The summed E-state index contributed by atoms with van der Waals surface area (Å²) in [6.45, 7) is 10.3. The quantitative estimate of drug-likeness (QED) is 0.728. The highest BCUT2D eigenvalue weighted by Crippen LogP contribution is 2.18. The molecular formula is C12H22ClN3O. The average Bonchev–Trinajstić information content (AvgIpc) is 2.56. The maximum Gasteiger partial charge on any atom is 0.0844 e. The molecule has 4 nitrogen and oxygen atoms in total. The van der Waals surface area contributed by atoms with Crippen molar-refractivity contribution >= 4 is 11.6 Å². The van der Waals surface area contributed by atoms with E-state index >= 15 is 0 Å². The average molecular weight is 260 g/mol. The Labute approximate surface area is 108 Å². The number of halogens is 1. The van der Waals surface area contributed by atoms with Gasteiger partial charge in [-0.3, -0.25) is 4.68 Å². The highest BCUT2D eigenvalue weighted by atomic mass is 35.5. The first-order chi connectivity index (χ1) is 8.16. The molecule has 0 aliphatic heterocycles. The van der Waals surface area contributed by atoms with Gasteiger partial charge in [-0.25, -0.2) is 0 Å². The zero-order chi connectivity index (χ0) is 12.7. The molecule has 0 bridgehead atoms. The first-order valence-corrected chi connectivity index (χ1v) is 6.52. The van der Waals surface area contributed by atoms with Gasteiger partial charge in [0.1, 0.15) is 0 Å². The number of hydrogen-bond donors (Lipinski definition) is 1. The predicted octanol–water partition coefficient (Wildman–Crippen LogP) is 2.17. The molecule has 0 unspecified atom stereocenters. The van der Waals surface area contributed by atoms with Crippen LogP contribution in [0.1, 0.15) is 24.7 Å². The second kappa shape index (κ2) is 7.69. The molecule has 1 rings (SSSR count). The Bertz CT molecular complexity index is 339. The summed E-state index contributed by atoms with van der Waals surface area (Å²) in [7, 11) is 0. The molecular weight excluding hydrogens is 238 g/mol. The van der Waals surface area contributed by atoms with Gasteiger partial charge in [0.25, 0.3) is 0 Å². The first-order valence-electron chi connectivity index (χ1n) is 6.14. The van der Waals surface area contributed by atoms with Crippen LogP contribution in [0.5, 0.6) is 0 Å². The Balaban J connectivity index is 2.16. The van der Waals surface area contributed by atoms with Crippen LogP contribution in [0.4, 0.5) is 0 Å². The Hall–Kier alpha value is -0.580. The van der Waals surface area contributed by atoms with Crippen LogP contribution in [-0.2, 0) is 11.3 Å². The zero-order valence-electron chi connectivity index (χ0n) is 10.9. The lowest BCUT2D eigenvalue weighted by Gasteiger charge is -2.06. The number of hydrogen-bond acceptors (Lipinski definition) is 3.